The van der Waals surface area contributed by atoms with E-state index < -0.39 is 5.60 Å². The van der Waals surface area contributed by atoms with E-state index >= 15 is 0 Å². The highest BCUT2D eigenvalue weighted by Crippen LogP contribution is 2.38. The van der Waals surface area contributed by atoms with Crippen LogP contribution >= 0.6 is 0 Å². The molecule has 1 aromatic carbocycles. The third-order valence-corrected chi connectivity index (χ3v) is 4.18. The molecule has 1 aromatic rings. The maximum absolute atomic E-state index is 10.6. The number of aliphatic hydroxyl groups is 1. The number of rotatable bonds is 2. The summed E-state index contributed by atoms with van der Waals surface area (Å²) in [6.07, 6.45) is 3.48. The highest BCUT2D eigenvalue weighted by Gasteiger charge is 2.35. The summed E-state index contributed by atoms with van der Waals surface area (Å²) in [6.45, 7) is 4.48. The molecular weight excluding hydrogens is 212 g/mol. The highest BCUT2D eigenvalue weighted by molar-refractivity contribution is 5.28. The summed E-state index contributed by atoms with van der Waals surface area (Å²) in [6, 6.07) is 7.23. The standard InChI is InChI=1S/C15H22O2/c1-11-6-7-15(17,9-12(11)2)10-13-4-3-5-14(16)8-13/h3-5,8,11-12,16-17H,6-7,9-10H2,1-2H3. The molecule has 2 heteroatoms. The lowest BCUT2D eigenvalue weighted by Gasteiger charge is -2.39. The van der Waals surface area contributed by atoms with Crippen molar-refractivity contribution in [3.63, 3.8) is 0 Å². The molecule has 0 bridgehead atoms. The Labute approximate surface area is 103 Å². The van der Waals surface area contributed by atoms with Crippen LogP contribution in [0.2, 0.25) is 0 Å². The van der Waals surface area contributed by atoms with Crippen LogP contribution in [0.3, 0.4) is 0 Å². The largest absolute Gasteiger partial charge is 0.508 e. The molecule has 0 amide bonds. The molecule has 2 rings (SSSR count). The van der Waals surface area contributed by atoms with Gasteiger partial charge in [0.25, 0.3) is 0 Å². The first-order chi connectivity index (χ1) is 7.98. The Balaban J connectivity index is 2.07. The molecule has 0 saturated heterocycles. The van der Waals surface area contributed by atoms with Crippen molar-refractivity contribution in [2.45, 2.75) is 45.1 Å². The third-order valence-electron chi connectivity index (χ3n) is 4.18. The van der Waals surface area contributed by atoms with Gasteiger partial charge in [-0.05, 0) is 48.8 Å². The minimum absolute atomic E-state index is 0.281. The average molecular weight is 234 g/mol. The Morgan fingerprint density at radius 3 is 2.71 bits per heavy atom. The molecule has 0 aliphatic heterocycles. The molecule has 3 unspecified atom stereocenters. The molecule has 0 aromatic heterocycles. The van der Waals surface area contributed by atoms with Gasteiger partial charge >= 0.3 is 0 Å². The van der Waals surface area contributed by atoms with Crippen molar-refractivity contribution in [3.8, 4) is 5.75 Å². The first-order valence-corrected chi connectivity index (χ1v) is 6.49. The second-order valence-electron chi connectivity index (χ2n) is 5.77. The monoisotopic (exact) mass is 234 g/mol. The molecule has 1 aliphatic rings. The van der Waals surface area contributed by atoms with Crippen molar-refractivity contribution in [2.75, 3.05) is 0 Å². The quantitative estimate of drug-likeness (QED) is 0.825. The Morgan fingerprint density at radius 2 is 2.06 bits per heavy atom. The summed E-state index contributed by atoms with van der Waals surface area (Å²) in [7, 11) is 0. The first-order valence-electron chi connectivity index (χ1n) is 6.49. The van der Waals surface area contributed by atoms with E-state index in [-0.39, 0.29) is 5.75 Å². The van der Waals surface area contributed by atoms with E-state index in [9.17, 15) is 10.2 Å². The van der Waals surface area contributed by atoms with E-state index in [4.69, 9.17) is 0 Å². The van der Waals surface area contributed by atoms with Crippen LogP contribution in [0.1, 0.15) is 38.7 Å². The topological polar surface area (TPSA) is 40.5 Å². The van der Waals surface area contributed by atoms with Gasteiger partial charge in [-0.1, -0.05) is 26.0 Å². The van der Waals surface area contributed by atoms with Crippen LogP contribution in [0.25, 0.3) is 0 Å². The molecule has 2 N–H and O–H groups in total. The maximum atomic E-state index is 10.6. The van der Waals surface area contributed by atoms with Crippen molar-refractivity contribution in [1.29, 1.82) is 0 Å². The van der Waals surface area contributed by atoms with E-state index in [1.807, 2.05) is 12.1 Å². The third kappa shape index (κ3) is 3.01. The lowest BCUT2D eigenvalue weighted by molar-refractivity contribution is -0.0279. The van der Waals surface area contributed by atoms with Gasteiger partial charge in [-0.15, -0.1) is 0 Å². The highest BCUT2D eigenvalue weighted by atomic mass is 16.3. The van der Waals surface area contributed by atoms with Crippen molar-refractivity contribution in [1.82, 2.24) is 0 Å². The van der Waals surface area contributed by atoms with Gasteiger partial charge in [-0.25, -0.2) is 0 Å². The van der Waals surface area contributed by atoms with Crippen LogP contribution in [-0.2, 0) is 6.42 Å². The van der Waals surface area contributed by atoms with Crippen molar-refractivity contribution >= 4 is 0 Å². The van der Waals surface area contributed by atoms with Crippen LogP contribution in [0.15, 0.2) is 24.3 Å². The predicted molar refractivity (Wildman–Crippen MR) is 68.9 cm³/mol. The maximum Gasteiger partial charge on any atom is 0.115 e. The summed E-state index contributed by atoms with van der Waals surface area (Å²) < 4.78 is 0. The lowest BCUT2D eigenvalue weighted by atomic mass is 9.71. The van der Waals surface area contributed by atoms with Crippen LogP contribution in [0.5, 0.6) is 5.75 Å². The Hall–Kier alpha value is -1.02. The number of phenols is 1. The number of phenolic OH excluding ortho intramolecular Hbond substituents is 1. The Bertz CT molecular complexity index is 388. The van der Waals surface area contributed by atoms with Gasteiger partial charge < -0.3 is 10.2 Å². The van der Waals surface area contributed by atoms with Gasteiger partial charge in [0.05, 0.1) is 5.60 Å². The fraction of sp³-hybridized carbons (Fsp3) is 0.600. The number of aromatic hydroxyl groups is 1. The SMILES string of the molecule is CC1CCC(O)(Cc2cccc(O)c2)CC1C. The second kappa shape index (κ2) is 4.69. The van der Waals surface area contributed by atoms with Crippen LogP contribution in [0.4, 0.5) is 0 Å². The Morgan fingerprint density at radius 1 is 1.29 bits per heavy atom. The number of hydrogen-bond donors (Lipinski definition) is 2. The fourth-order valence-electron chi connectivity index (χ4n) is 2.89. The summed E-state index contributed by atoms with van der Waals surface area (Å²) in [4.78, 5) is 0. The summed E-state index contributed by atoms with van der Waals surface area (Å²) in [5, 5.41) is 20.1. The predicted octanol–water partition coefficient (Wildman–Crippen LogP) is 3.12. The minimum Gasteiger partial charge on any atom is -0.508 e. The van der Waals surface area contributed by atoms with Crippen LogP contribution in [0, 0.1) is 11.8 Å². The van der Waals surface area contributed by atoms with Gasteiger partial charge in [0.15, 0.2) is 0 Å². The van der Waals surface area contributed by atoms with Gasteiger partial charge in [-0.2, -0.15) is 0 Å². The zero-order valence-corrected chi connectivity index (χ0v) is 10.7. The van der Waals surface area contributed by atoms with Crippen LogP contribution < -0.4 is 0 Å². The van der Waals surface area contributed by atoms with E-state index in [0.717, 1.165) is 24.8 Å². The molecule has 0 heterocycles. The molecular formula is C15H22O2. The molecule has 1 aliphatic carbocycles. The normalized spacial score (nSPS) is 33.6. The van der Waals surface area contributed by atoms with Crippen molar-refractivity contribution in [3.05, 3.63) is 29.8 Å². The van der Waals surface area contributed by atoms with E-state index in [2.05, 4.69) is 13.8 Å². The zero-order chi connectivity index (χ0) is 12.5. The number of benzene rings is 1. The smallest absolute Gasteiger partial charge is 0.115 e. The van der Waals surface area contributed by atoms with Gasteiger partial charge in [0.2, 0.25) is 0 Å². The number of hydrogen-bond acceptors (Lipinski definition) is 2. The molecule has 0 radical (unpaired) electrons. The molecule has 17 heavy (non-hydrogen) atoms. The molecule has 1 fully saturated rings. The summed E-state index contributed by atoms with van der Waals surface area (Å²) in [5.41, 5.74) is 0.439. The molecule has 1 saturated carbocycles. The molecule has 3 atom stereocenters. The van der Waals surface area contributed by atoms with E-state index in [1.54, 1.807) is 12.1 Å². The lowest BCUT2D eigenvalue weighted by Crippen LogP contribution is -2.39. The molecule has 0 spiro atoms. The summed E-state index contributed by atoms with van der Waals surface area (Å²) in [5.74, 6) is 1.56. The average Bonchev–Trinajstić information content (AvgIpc) is 2.24. The molecule has 2 nitrogen and oxygen atoms in total. The fourth-order valence-corrected chi connectivity index (χ4v) is 2.89. The second-order valence-corrected chi connectivity index (χ2v) is 5.77. The van der Waals surface area contributed by atoms with E-state index in [1.165, 1.54) is 0 Å². The zero-order valence-electron chi connectivity index (χ0n) is 10.7. The first kappa shape index (κ1) is 12.4. The van der Waals surface area contributed by atoms with Crippen molar-refractivity contribution in [2.24, 2.45) is 11.8 Å². The molecule has 94 valence electrons. The minimum atomic E-state index is -0.584. The van der Waals surface area contributed by atoms with Crippen LogP contribution in [-0.4, -0.2) is 15.8 Å². The Kier molecular flexibility index (Phi) is 3.43. The van der Waals surface area contributed by atoms with Crippen molar-refractivity contribution < 1.29 is 10.2 Å². The van der Waals surface area contributed by atoms with Gasteiger partial charge in [0, 0.05) is 6.42 Å². The van der Waals surface area contributed by atoms with Gasteiger partial charge in [-0.3, -0.25) is 0 Å². The summed E-state index contributed by atoms with van der Waals surface area (Å²) >= 11 is 0. The van der Waals surface area contributed by atoms with Gasteiger partial charge in [0.1, 0.15) is 5.75 Å². The van der Waals surface area contributed by atoms with E-state index in [0.29, 0.717) is 18.3 Å².